The average Bonchev–Trinajstić information content (AvgIpc) is 3.55. The lowest BCUT2D eigenvalue weighted by molar-refractivity contribution is 0.0601. The molecule has 0 bridgehead atoms. The summed E-state index contributed by atoms with van der Waals surface area (Å²) in [4.78, 5) is 12.2. The lowest BCUT2D eigenvalue weighted by atomic mass is 9.99. The largest absolute Gasteiger partial charge is 0.497 e. The molecule has 0 aliphatic carbocycles. The Morgan fingerprint density at radius 1 is 0.781 bits per heavy atom. The van der Waals surface area contributed by atoms with Crippen LogP contribution in [0.5, 0.6) is 5.75 Å². The summed E-state index contributed by atoms with van der Waals surface area (Å²) in [6.07, 6.45) is 4.47. The minimum absolute atomic E-state index is 0.414. The van der Waals surface area contributed by atoms with Crippen LogP contribution >= 0.6 is 0 Å². The second kappa shape index (κ2) is 10.2. The van der Waals surface area contributed by atoms with Gasteiger partial charge in [0.05, 0.1) is 31.2 Å². The molecule has 2 aromatic carbocycles. The van der Waals surface area contributed by atoms with E-state index in [1.165, 1.54) is 7.11 Å². The molecule has 9 heteroatoms. The van der Waals surface area contributed by atoms with Gasteiger partial charge in [0, 0.05) is 43.4 Å². The van der Waals surface area contributed by atoms with Gasteiger partial charge in [-0.15, -0.1) is 10.2 Å². The monoisotopic (exact) mass is 436 g/mol. The van der Waals surface area contributed by atoms with Gasteiger partial charge in [0.15, 0.2) is 0 Å². The first-order valence-electron chi connectivity index (χ1n) is 10.9. The smallest absolute Gasteiger partial charge is 0.337 e. The number of benzene rings is 2. The van der Waals surface area contributed by atoms with Crippen molar-refractivity contribution < 1.29 is 14.3 Å². The molecule has 2 aromatic rings. The predicted molar refractivity (Wildman–Crippen MR) is 120 cm³/mol. The van der Waals surface area contributed by atoms with E-state index in [9.17, 15) is 4.79 Å². The Labute approximate surface area is 187 Å². The van der Waals surface area contributed by atoms with Gasteiger partial charge in [-0.25, -0.2) is 4.79 Å². The Hall–Kier alpha value is -3.49. The molecule has 32 heavy (non-hydrogen) atoms. The van der Waals surface area contributed by atoms with Crippen LogP contribution in [0.4, 0.5) is 11.4 Å². The highest BCUT2D eigenvalue weighted by molar-refractivity contribution is 5.94. The standard InChI is InChI=1S/C23H28N6O3/c1-31-18-8-9-19(22(16-18)25-27-29-13-5-6-14-29)20-15-17(23(30)32-2)7-10-21(20)24-26-28-11-3-4-12-28/h7-10,15-16H,3-6,11-14H2,1-2H3. The zero-order valence-electron chi connectivity index (χ0n) is 18.5. The summed E-state index contributed by atoms with van der Waals surface area (Å²) >= 11 is 0. The van der Waals surface area contributed by atoms with Gasteiger partial charge in [0.1, 0.15) is 5.75 Å². The Morgan fingerprint density at radius 3 is 2.00 bits per heavy atom. The van der Waals surface area contributed by atoms with Gasteiger partial charge in [-0.05, 0) is 56.0 Å². The van der Waals surface area contributed by atoms with Crippen molar-refractivity contribution in [3.8, 4) is 16.9 Å². The van der Waals surface area contributed by atoms with Crippen molar-refractivity contribution in [2.45, 2.75) is 25.7 Å². The summed E-state index contributed by atoms with van der Waals surface area (Å²) in [5.74, 6) is 0.261. The van der Waals surface area contributed by atoms with Crippen LogP contribution in [0.15, 0.2) is 57.1 Å². The summed E-state index contributed by atoms with van der Waals surface area (Å²) in [5, 5.41) is 21.8. The van der Waals surface area contributed by atoms with E-state index in [1.807, 2.05) is 28.2 Å². The van der Waals surface area contributed by atoms with Gasteiger partial charge in [0.2, 0.25) is 0 Å². The van der Waals surface area contributed by atoms with E-state index in [1.54, 1.807) is 25.3 Å². The highest BCUT2D eigenvalue weighted by Gasteiger charge is 2.17. The van der Waals surface area contributed by atoms with Crippen molar-refractivity contribution in [2.24, 2.45) is 20.7 Å². The maximum absolute atomic E-state index is 12.2. The summed E-state index contributed by atoms with van der Waals surface area (Å²) in [7, 11) is 2.98. The molecule has 2 saturated heterocycles. The quantitative estimate of drug-likeness (QED) is 0.432. The van der Waals surface area contributed by atoms with E-state index in [0.29, 0.717) is 22.7 Å². The number of rotatable bonds is 7. The van der Waals surface area contributed by atoms with Crippen molar-refractivity contribution in [1.29, 1.82) is 0 Å². The molecule has 2 fully saturated rings. The third kappa shape index (κ3) is 5.04. The van der Waals surface area contributed by atoms with Crippen molar-refractivity contribution >= 4 is 17.3 Å². The van der Waals surface area contributed by atoms with Crippen LogP contribution in [0, 0.1) is 0 Å². The molecule has 0 amide bonds. The van der Waals surface area contributed by atoms with E-state index < -0.39 is 5.97 Å². The predicted octanol–water partition coefficient (Wildman–Crippen LogP) is 5.34. The third-order valence-electron chi connectivity index (χ3n) is 5.64. The van der Waals surface area contributed by atoms with Gasteiger partial charge in [-0.1, -0.05) is 10.4 Å². The molecule has 4 rings (SSSR count). The second-order valence-corrected chi connectivity index (χ2v) is 7.81. The van der Waals surface area contributed by atoms with Crippen molar-refractivity contribution in [2.75, 3.05) is 40.4 Å². The van der Waals surface area contributed by atoms with Crippen LogP contribution in [0.25, 0.3) is 11.1 Å². The van der Waals surface area contributed by atoms with E-state index in [4.69, 9.17) is 9.47 Å². The molecule has 0 unspecified atom stereocenters. The minimum atomic E-state index is -0.414. The summed E-state index contributed by atoms with van der Waals surface area (Å²) < 4.78 is 10.3. The first-order valence-corrected chi connectivity index (χ1v) is 10.9. The molecule has 0 N–H and O–H groups in total. The van der Waals surface area contributed by atoms with Crippen LogP contribution in [-0.2, 0) is 4.74 Å². The Morgan fingerprint density at radius 2 is 1.41 bits per heavy atom. The maximum atomic E-state index is 12.2. The second-order valence-electron chi connectivity index (χ2n) is 7.81. The molecule has 0 spiro atoms. The summed E-state index contributed by atoms with van der Waals surface area (Å²) in [5.41, 5.74) is 3.23. The van der Waals surface area contributed by atoms with Gasteiger partial charge in [-0.2, -0.15) is 0 Å². The lowest BCUT2D eigenvalue weighted by Gasteiger charge is -2.13. The lowest BCUT2D eigenvalue weighted by Crippen LogP contribution is -2.09. The van der Waals surface area contributed by atoms with Crippen LogP contribution < -0.4 is 4.74 Å². The van der Waals surface area contributed by atoms with Crippen molar-refractivity contribution in [1.82, 2.24) is 10.0 Å². The van der Waals surface area contributed by atoms with Gasteiger partial charge in [-0.3, -0.25) is 10.0 Å². The summed E-state index contributed by atoms with van der Waals surface area (Å²) in [6, 6.07) is 10.8. The number of nitrogens with zero attached hydrogens (tertiary/aromatic N) is 6. The fourth-order valence-corrected chi connectivity index (χ4v) is 3.84. The first kappa shape index (κ1) is 21.7. The summed E-state index contributed by atoms with van der Waals surface area (Å²) in [6.45, 7) is 3.60. The van der Waals surface area contributed by atoms with Gasteiger partial charge >= 0.3 is 5.97 Å². The van der Waals surface area contributed by atoms with E-state index in [0.717, 1.165) is 63.0 Å². The number of esters is 1. The van der Waals surface area contributed by atoms with Crippen LogP contribution in [0.2, 0.25) is 0 Å². The number of carbonyl (C=O) groups excluding carboxylic acids is 1. The molecule has 0 saturated carbocycles. The number of hydrogen-bond donors (Lipinski definition) is 0. The van der Waals surface area contributed by atoms with Gasteiger partial charge < -0.3 is 9.47 Å². The third-order valence-corrected chi connectivity index (χ3v) is 5.64. The zero-order valence-corrected chi connectivity index (χ0v) is 18.5. The zero-order chi connectivity index (χ0) is 22.3. The molecule has 2 heterocycles. The number of carbonyl (C=O) groups is 1. The Bertz CT molecular complexity index is 1010. The average molecular weight is 437 g/mol. The molecule has 2 aliphatic heterocycles. The van der Waals surface area contributed by atoms with Crippen LogP contribution in [-0.4, -0.2) is 56.4 Å². The molecule has 0 atom stereocenters. The fourth-order valence-electron chi connectivity index (χ4n) is 3.84. The fraction of sp³-hybridized carbons (Fsp3) is 0.435. The number of ether oxygens (including phenoxy) is 2. The molecule has 9 nitrogen and oxygen atoms in total. The highest BCUT2D eigenvalue weighted by Crippen LogP contribution is 2.40. The topological polar surface area (TPSA) is 91.4 Å². The van der Waals surface area contributed by atoms with Crippen molar-refractivity contribution in [3.63, 3.8) is 0 Å². The first-order chi connectivity index (χ1) is 15.7. The SMILES string of the molecule is COC(=O)c1ccc(N=NN2CCCC2)c(-c2ccc(OC)cc2N=NN2CCCC2)c1. The normalized spacial score (nSPS) is 16.4. The molecule has 168 valence electrons. The van der Waals surface area contributed by atoms with Crippen LogP contribution in [0.3, 0.4) is 0 Å². The minimum Gasteiger partial charge on any atom is -0.497 e. The molecular formula is C23H28N6O3. The molecule has 0 aromatic heterocycles. The van der Waals surface area contributed by atoms with Gasteiger partial charge in [0.25, 0.3) is 0 Å². The maximum Gasteiger partial charge on any atom is 0.337 e. The molecular weight excluding hydrogens is 408 g/mol. The Balaban J connectivity index is 1.77. The van der Waals surface area contributed by atoms with E-state index in [2.05, 4.69) is 20.7 Å². The Kier molecular flexibility index (Phi) is 6.94. The van der Waals surface area contributed by atoms with Crippen LogP contribution in [0.1, 0.15) is 36.0 Å². The number of methoxy groups -OCH3 is 2. The van der Waals surface area contributed by atoms with E-state index in [-0.39, 0.29) is 0 Å². The molecule has 2 aliphatic rings. The van der Waals surface area contributed by atoms with Crippen molar-refractivity contribution in [3.05, 3.63) is 42.0 Å². The highest BCUT2D eigenvalue weighted by atomic mass is 16.5. The number of hydrogen-bond acceptors (Lipinski definition) is 7. The van der Waals surface area contributed by atoms with E-state index >= 15 is 0 Å². The molecule has 0 radical (unpaired) electrons.